The van der Waals surface area contributed by atoms with Gasteiger partial charge in [-0.05, 0) is 38.5 Å². The molecule has 0 atom stereocenters. The summed E-state index contributed by atoms with van der Waals surface area (Å²) in [6, 6.07) is 0.373. The minimum absolute atomic E-state index is 0.0756. The van der Waals surface area contributed by atoms with Crippen LogP contribution < -0.4 is 5.73 Å². The lowest BCUT2D eigenvalue weighted by Crippen LogP contribution is -2.39. The Kier molecular flexibility index (Phi) is 4.45. The number of hydrogen-bond acceptors (Lipinski definition) is 4. The van der Waals surface area contributed by atoms with Crippen LogP contribution in [0, 0.1) is 12.8 Å². The Balaban J connectivity index is 2.02. The Labute approximate surface area is 119 Å². The molecular formula is C14H23N3OS. The monoisotopic (exact) mass is 281 g/mol. The number of carbonyl (C=O) groups excluding carboxylic acids is 1. The van der Waals surface area contributed by atoms with Gasteiger partial charge in [-0.15, -0.1) is 0 Å². The number of nitrogens with zero attached hydrogens (tertiary/aromatic N) is 2. The Morgan fingerprint density at radius 2 is 2.05 bits per heavy atom. The molecule has 1 saturated carbocycles. The summed E-state index contributed by atoms with van der Waals surface area (Å²) >= 11 is 1.30. The first-order chi connectivity index (χ1) is 9.02. The number of nitrogens with two attached hydrogens (primary N) is 1. The first-order valence-electron chi connectivity index (χ1n) is 7.03. The van der Waals surface area contributed by atoms with E-state index in [4.69, 9.17) is 5.73 Å². The quantitative estimate of drug-likeness (QED) is 0.926. The predicted molar refractivity (Wildman–Crippen MR) is 79.4 cm³/mol. The number of carbonyl (C=O) groups is 1. The van der Waals surface area contributed by atoms with E-state index in [9.17, 15) is 4.79 Å². The highest BCUT2D eigenvalue weighted by Gasteiger charge is 2.28. The summed E-state index contributed by atoms with van der Waals surface area (Å²) in [7, 11) is 1.91. The van der Waals surface area contributed by atoms with Gasteiger partial charge in [0.15, 0.2) is 5.13 Å². The molecule has 106 valence electrons. The second-order valence-electron chi connectivity index (χ2n) is 5.47. The van der Waals surface area contributed by atoms with Crippen LogP contribution in [0.1, 0.15) is 54.4 Å². The topological polar surface area (TPSA) is 59.2 Å². The fourth-order valence-corrected chi connectivity index (χ4v) is 3.70. The molecule has 1 fully saturated rings. The van der Waals surface area contributed by atoms with Gasteiger partial charge < -0.3 is 10.6 Å². The second kappa shape index (κ2) is 5.90. The minimum atomic E-state index is 0.0756. The highest BCUT2D eigenvalue weighted by atomic mass is 32.1. The molecule has 2 rings (SSSR count). The first-order valence-corrected chi connectivity index (χ1v) is 7.84. The Morgan fingerprint density at radius 3 is 2.53 bits per heavy atom. The van der Waals surface area contributed by atoms with E-state index in [0.29, 0.717) is 16.1 Å². The van der Waals surface area contributed by atoms with Gasteiger partial charge in [0.05, 0.1) is 5.69 Å². The first kappa shape index (κ1) is 14.3. The molecule has 0 radical (unpaired) electrons. The predicted octanol–water partition coefficient (Wildman–Crippen LogP) is 3.07. The lowest BCUT2D eigenvalue weighted by Gasteiger charge is -2.34. The molecule has 0 unspecified atom stereocenters. The smallest absolute Gasteiger partial charge is 0.265 e. The summed E-state index contributed by atoms with van der Waals surface area (Å²) in [5, 5.41) is 0.476. The molecule has 0 aromatic carbocycles. The van der Waals surface area contributed by atoms with Gasteiger partial charge in [0.1, 0.15) is 4.88 Å². The maximum Gasteiger partial charge on any atom is 0.265 e. The van der Waals surface area contributed by atoms with E-state index >= 15 is 0 Å². The van der Waals surface area contributed by atoms with Gasteiger partial charge >= 0.3 is 0 Å². The van der Waals surface area contributed by atoms with Crippen LogP contribution in [0.25, 0.3) is 0 Å². The zero-order chi connectivity index (χ0) is 14.0. The van der Waals surface area contributed by atoms with Crippen LogP contribution in [0.2, 0.25) is 0 Å². The van der Waals surface area contributed by atoms with Gasteiger partial charge in [-0.1, -0.05) is 24.7 Å². The molecule has 0 spiro atoms. The minimum Gasteiger partial charge on any atom is -0.375 e. The van der Waals surface area contributed by atoms with Crippen molar-refractivity contribution in [3.05, 3.63) is 10.6 Å². The highest BCUT2D eigenvalue weighted by molar-refractivity contribution is 7.17. The molecule has 1 heterocycles. The summed E-state index contributed by atoms with van der Waals surface area (Å²) < 4.78 is 0. The van der Waals surface area contributed by atoms with Crippen molar-refractivity contribution in [2.75, 3.05) is 12.8 Å². The Morgan fingerprint density at radius 1 is 1.42 bits per heavy atom. The van der Waals surface area contributed by atoms with Crippen LogP contribution in [0.3, 0.4) is 0 Å². The maximum atomic E-state index is 12.5. The number of anilines is 1. The number of hydrogen-bond donors (Lipinski definition) is 1. The van der Waals surface area contributed by atoms with E-state index in [-0.39, 0.29) is 5.91 Å². The van der Waals surface area contributed by atoms with Crippen molar-refractivity contribution in [2.45, 2.75) is 52.0 Å². The number of aryl methyl sites for hydroxylation is 1. The molecule has 0 aliphatic heterocycles. The molecule has 19 heavy (non-hydrogen) atoms. The lowest BCUT2D eigenvalue weighted by atomic mass is 9.84. The molecule has 2 N–H and O–H groups in total. The van der Waals surface area contributed by atoms with Crippen molar-refractivity contribution in [3.8, 4) is 0 Å². The van der Waals surface area contributed by atoms with E-state index in [2.05, 4.69) is 11.9 Å². The number of rotatable bonds is 3. The summed E-state index contributed by atoms with van der Waals surface area (Å²) in [5.74, 6) is 0.923. The molecule has 1 aromatic rings. The van der Waals surface area contributed by atoms with E-state index < -0.39 is 0 Å². The average Bonchev–Trinajstić information content (AvgIpc) is 2.76. The Hall–Kier alpha value is -1.10. The molecule has 1 aliphatic carbocycles. The van der Waals surface area contributed by atoms with Crippen LogP contribution in [0.15, 0.2) is 0 Å². The SMILES string of the molecule is CCC1CCC(N(C)C(=O)c2sc(N)nc2C)CC1. The number of amides is 1. The van der Waals surface area contributed by atoms with E-state index in [1.807, 2.05) is 18.9 Å². The largest absolute Gasteiger partial charge is 0.375 e. The third-order valence-electron chi connectivity index (χ3n) is 4.27. The van der Waals surface area contributed by atoms with Gasteiger partial charge in [-0.3, -0.25) is 4.79 Å². The zero-order valence-electron chi connectivity index (χ0n) is 12.0. The van der Waals surface area contributed by atoms with Gasteiger partial charge in [0.25, 0.3) is 5.91 Å². The Bertz CT molecular complexity index is 450. The summed E-state index contributed by atoms with van der Waals surface area (Å²) in [4.78, 5) is 19.2. The van der Waals surface area contributed by atoms with E-state index in [0.717, 1.165) is 24.5 Å². The van der Waals surface area contributed by atoms with Gasteiger partial charge in [0, 0.05) is 13.1 Å². The van der Waals surface area contributed by atoms with Crippen molar-refractivity contribution >= 4 is 22.4 Å². The van der Waals surface area contributed by atoms with Crippen molar-refractivity contribution in [1.82, 2.24) is 9.88 Å². The van der Waals surface area contributed by atoms with Gasteiger partial charge in [-0.2, -0.15) is 0 Å². The van der Waals surface area contributed by atoms with Crippen LogP contribution in [0.4, 0.5) is 5.13 Å². The molecule has 1 amide bonds. The molecule has 5 heteroatoms. The maximum absolute atomic E-state index is 12.5. The second-order valence-corrected chi connectivity index (χ2v) is 6.50. The third kappa shape index (κ3) is 3.08. The molecule has 1 aromatic heterocycles. The summed E-state index contributed by atoms with van der Waals surface area (Å²) in [5.41, 5.74) is 6.42. The van der Waals surface area contributed by atoms with Crippen molar-refractivity contribution < 1.29 is 4.79 Å². The fraction of sp³-hybridized carbons (Fsp3) is 0.714. The third-order valence-corrected chi connectivity index (χ3v) is 5.24. The van der Waals surface area contributed by atoms with E-state index in [1.54, 1.807) is 0 Å². The van der Waals surface area contributed by atoms with Crippen LogP contribution in [-0.2, 0) is 0 Å². The average molecular weight is 281 g/mol. The lowest BCUT2D eigenvalue weighted by molar-refractivity contribution is 0.0678. The molecule has 0 saturated heterocycles. The zero-order valence-corrected chi connectivity index (χ0v) is 12.8. The molecular weight excluding hydrogens is 258 g/mol. The van der Waals surface area contributed by atoms with Crippen molar-refractivity contribution in [2.24, 2.45) is 5.92 Å². The van der Waals surface area contributed by atoms with Crippen LogP contribution >= 0.6 is 11.3 Å². The van der Waals surface area contributed by atoms with Crippen LogP contribution in [-0.4, -0.2) is 28.9 Å². The van der Waals surface area contributed by atoms with Gasteiger partial charge in [-0.25, -0.2) is 4.98 Å². The fourth-order valence-electron chi connectivity index (χ4n) is 2.88. The number of aromatic nitrogens is 1. The number of nitrogen functional groups attached to an aromatic ring is 1. The van der Waals surface area contributed by atoms with Crippen molar-refractivity contribution in [3.63, 3.8) is 0 Å². The van der Waals surface area contributed by atoms with Crippen molar-refractivity contribution in [1.29, 1.82) is 0 Å². The molecule has 0 bridgehead atoms. The summed E-state index contributed by atoms with van der Waals surface area (Å²) in [6.07, 6.45) is 5.97. The normalized spacial score (nSPS) is 23.3. The standard InChI is InChI=1S/C14H23N3OS/c1-4-10-5-7-11(8-6-10)17(3)13(18)12-9(2)16-14(15)19-12/h10-11H,4-8H2,1-3H3,(H2,15,16). The molecule has 4 nitrogen and oxygen atoms in total. The highest BCUT2D eigenvalue weighted by Crippen LogP contribution is 2.30. The number of thiazole rings is 1. The van der Waals surface area contributed by atoms with E-state index in [1.165, 1.54) is 30.6 Å². The molecule has 1 aliphatic rings. The summed E-state index contributed by atoms with van der Waals surface area (Å²) in [6.45, 7) is 4.10. The van der Waals surface area contributed by atoms with Crippen LogP contribution in [0.5, 0.6) is 0 Å². The van der Waals surface area contributed by atoms with Gasteiger partial charge in [0.2, 0.25) is 0 Å².